The van der Waals surface area contributed by atoms with E-state index in [0.29, 0.717) is 12.1 Å². The third-order valence-electron chi connectivity index (χ3n) is 5.66. The molecule has 1 N–H and O–H groups in total. The van der Waals surface area contributed by atoms with Crippen molar-refractivity contribution < 1.29 is 18.8 Å². The molecule has 2 heterocycles. The summed E-state index contributed by atoms with van der Waals surface area (Å²) in [5, 5.41) is 3.17. The molecule has 0 saturated carbocycles. The zero-order valence-corrected chi connectivity index (χ0v) is 19.5. The predicted molar refractivity (Wildman–Crippen MR) is 133 cm³/mol. The van der Waals surface area contributed by atoms with E-state index in [1.54, 1.807) is 24.4 Å². The average molecular weight is 508 g/mol. The van der Waals surface area contributed by atoms with Gasteiger partial charge in [-0.3, -0.25) is 14.9 Å². The van der Waals surface area contributed by atoms with Crippen molar-refractivity contribution in [2.24, 2.45) is 0 Å². The first kappa shape index (κ1) is 22.8. The van der Waals surface area contributed by atoms with Gasteiger partial charge in [0.15, 0.2) is 0 Å². The summed E-state index contributed by atoms with van der Waals surface area (Å²) in [6.07, 6.45) is 3.24. The minimum absolute atomic E-state index is 0.0160. The Balaban J connectivity index is 1.58. The number of halogens is 3. The molecule has 35 heavy (non-hydrogen) atoms. The van der Waals surface area contributed by atoms with Crippen molar-refractivity contribution in [1.29, 1.82) is 0 Å². The molecular weight excluding hydrogens is 492 g/mol. The monoisotopic (exact) mass is 507 g/mol. The summed E-state index contributed by atoms with van der Waals surface area (Å²) in [6, 6.07) is 17.3. The predicted octanol–water partition coefficient (Wildman–Crippen LogP) is 5.80. The van der Waals surface area contributed by atoms with Crippen LogP contribution in [0.2, 0.25) is 10.0 Å². The fourth-order valence-electron chi connectivity index (χ4n) is 4.00. The quantitative estimate of drug-likeness (QED) is 0.280. The fraction of sp³-hybridized carbons (Fsp3) is 0.0385. The van der Waals surface area contributed by atoms with Gasteiger partial charge >= 0.3 is 6.03 Å². The van der Waals surface area contributed by atoms with Crippen LogP contribution in [-0.2, 0) is 16.1 Å². The highest BCUT2D eigenvalue weighted by Gasteiger charge is 2.38. The highest BCUT2D eigenvalue weighted by atomic mass is 35.5. The van der Waals surface area contributed by atoms with Crippen LogP contribution in [-0.4, -0.2) is 22.4 Å². The number of urea groups is 1. The summed E-state index contributed by atoms with van der Waals surface area (Å²) >= 11 is 12.3. The molecule has 1 aliphatic heterocycles. The number of amides is 4. The molecule has 3 aromatic carbocycles. The van der Waals surface area contributed by atoms with E-state index in [2.05, 4.69) is 5.32 Å². The Morgan fingerprint density at radius 3 is 2.43 bits per heavy atom. The number of aromatic nitrogens is 1. The summed E-state index contributed by atoms with van der Waals surface area (Å²) in [4.78, 5) is 39.3. The van der Waals surface area contributed by atoms with Crippen LogP contribution in [0.4, 0.5) is 14.9 Å². The normalized spacial score (nSPS) is 15.2. The minimum Gasteiger partial charge on any atom is -0.342 e. The first-order chi connectivity index (χ1) is 16.8. The van der Waals surface area contributed by atoms with Crippen molar-refractivity contribution >= 4 is 63.7 Å². The van der Waals surface area contributed by atoms with Gasteiger partial charge in [-0.1, -0.05) is 59.6 Å². The lowest BCUT2D eigenvalue weighted by Gasteiger charge is -2.27. The molecule has 4 amide bonds. The molecule has 1 fully saturated rings. The van der Waals surface area contributed by atoms with Crippen LogP contribution < -0.4 is 10.2 Å². The van der Waals surface area contributed by atoms with E-state index in [1.807, 2.05) is 28.8 Å². The number of nitrogens with one attached hydrogen (secondary N) is 1. The first-order valence-corrected chi connectivity index (χ1v) is 11.3. The SMILES string of the molecule is O=C1NC(=O)N(c2cccc(Cl)c2Cl)C(=O)/C1=C/c1cn(Cc2ccc(F)cc2)c2ccccc12. The molecule has 0 spiro atoms. The van der Waals surface area contributed by atoms with Crippen molar-refractivity contribution in [3.8, 4) is 0 Å². The smallest absolute Gasteiger partial charge is 0.336 e. The van der Waals surface area contributed by atoms with Crippen molar-refractivity contribution in [2.45, 2.75) is 6.54 Å². The van der Waals surface area contributed by atoms with Crippen molar-refractivity contribution in [3.05, 3.63) is 105 Å². The number of barbiturate groups is 1. The molecule has 4 aromatic rings. The number of imide groups is 2. The van der Waals surface area contributed by atoms with E-state index in [9.17, 15) is 18.8 Å². The van der Waals surface area contributed by atoms with E-state index in [-0.39, 0.29) is 27.1 Å². The van der Waals surface area contributed by atoms with Gasteiger partial charge in [0.1, 0.15) is 11.4 Å². The van der Waals surface area contributed by atoms with Gasteiger partial charge in [0.25, 0.3) is 11.8 Å². The summed E-state index contributed by atoms with van der Waals surface area (Å²) in [5.74, 6) is -1.96. The third-order valence-corrected chi connectivity index (χ3v) is 6.47. The maximum absolute atomic E-state index is 13.3. The number of hydrogen-bond donors (Lipinski definition) is 1. The van der Waals surface area contributed by atoms with Gasteiger partial charge in [-0.25, -0.2) is 14.1 Å². The van der Waals surface area contributed by atoms with Gasteiger partial charge in [0.05, 0.1) is 15.7 Å². The molecule has 0 radical (unpaired) electrons. The van der Waals surface area contributed by atoms with E-state index in [1.165, 1.54) is 30.3 Å². The van der Waals surface area contributed by atoms with E-state index >= 15 is 0 Å². The summed E-state index contributed by atoms with van der Waals surface area (Å²) in [5.41, 5.74) is 2.18. The molecule has 9 heteroatoms. The molecule has 174 valence electrons. The van der Waals surface area contributed by atoms with E-state index < -0.39 is 17.8 Å². The van der Waals surface area contributed by atoms with Gasteiger partial charge < -0.3 is 4.57 Å². The molecule has 1 aliphatic rings. The molecule has 1 saturated heterocycles. The summed E-state index contributed by atoms with van der Waals surface area (Å²) in [7, 11) is 0. The van der Waals surface area contributed by atoms with Gasteiger partial charge in [-0.15, -0.1) is 0 Å². The summed E-state index contributed by atoms with van der Waals surface area (Å²) in [6.45, 7) is 0.451. The van der Waals surface area contributed by atoms with Crippen LogP contribution in [0.15, 0.2) is 78.5 Å². The topological polar surface area (TPSA) is 71.4 Å². The number of rotatable bonds is 4. The lowest BCUT2D eigenvalue weighted by Crippen LogP contribution is -2.54. The number of carbonyl (C=O) groups excluding carboxylic acids is 3. The molecule has 1 aromatic heterocycles. The Morgan fingerprint density at radius 1 is 0.914 bits per heavy atom. The zero-order chi connectivity index (χ0) is 24.7. The van der Waals surface area contributed by atoms with Gasteiger partial charge in [0.2, 0.25) is 0 Å². The van der Waals surface area contributed by atoms with Crippen LogP contribution in [0, 0.1) is 5.82 Å². The molecule has 6 nitrogen and oxygen atoms in total. The zero-order valence-electron chi connectivity index (χ0n) is 18.0. The highest BCUT2D eigenvalue weighted by Crippen LogP contribution is 2.34. The second-order valence-corrected chi connectivity index (χ2v) is 8.67. The Morgan fingerprint density at radius 2 is 1.66 bits per heavy atom. The number of para-hydroxylation sites is 1. The van der Waals surface area contributed by atoms with Gasteiger partial charge in [-0.05, 0) is 42.0 Å². The van der Waals surface area contributed by atoms with Crippen LogP contribution in [0.1, 0.15) is 11.1 Å². The lowest BCUT2D eigenvalue weighted by molar-refractivity contribution is -0.122. The molecule has 0 atom stereocenters. The third kappa shape index (κ3) is 4.20. The number of nitrogens with zero attached hydrogens (tertiary/aromatic N) is 2. The molecule has 0 aliphatic carbocycles. The van der Waals surface area contributed by atoms with Gasteiger partial charge in [-0.2, -0.15) is 0 Å². The maximum Gasteiger partial charge on any atom is 0.336 e. The molecular formula is C26H16Cl2FN3O3. The number of carbonyl (C=O) groups is 3. The van der Waals surface area contributed by atoms with Crippen molar-refractivity contribution in [2.75, 3.05) is 4.90 Å². The van der Waals surface area contributed by atoms with E-state index in [0.717, 1.165) is 21.4 Å². The standard InChI is InChI=1S/C26H16Cl2FN3O3/c27-20-5-3-7-22(23(20)28)32-25(34)19(24(33)30-26(32)35)12-16-14-31(21-6-2-1-4-18(16)21)13-15-8-10-17(29)11-9-15/h1-12,14H,13H2,(H,30,33,35)/b19-12+. The average Bonchev–Trinajstić information content (AvgIpc) is 3.18. The van der Waals surface area contributed by atoms with Crippen LogP contribution in [0.25, 0.3) is 17.0 Å². The van der Waals surface area contributed by atoms with Crippen molar-refractivity contribution in [1.82, 2.24) is 9.88 Å². The number of fused-ring (bicyclic) bond motifs is 1. The largest absolute Gasteiger partial charge is 0.342 e. The summed E-state index contributed by atoms with van der Waals surface area (Å²) < 4.78 is 15.3. The fourth-order valence-corrected chi connectivity index (χ4v) is 4.38. The Hall–Kier alpha value is -3.94. The van der Waals surface area contributed by atoms with Crippen molar-refractivity contribution in [3.63, 3.8) is 0 Å². The first-order valence-electron chi connectivity index (χ1n) is 10.5. The number of anilines is 1. The Labute approximate surface area is 209 Å². The second kappa shape index (κ2) is 9.02. The highest BCUT2D eigenvalue weighted by molar-refractivity contribution is 6.46. The lowest BCUT2D eigenvalue weighted by atomic mass is 10.1. The minimum atomic E-state index is -0.917. The maximum atomic E-state index is 13.3. The molecule has 0 bridgehead atoms. The Bertz CT molecular complexity index is 1540. The van der Waals surface area contributed by atoms with Gasteiger partial charge in [0, 0.05) is 29.2 Å². The van der Waals surface area contributed by atoms with Crippen LogP contribution >= 0.6 is 23.2 Å². The second-order valence-electron chi connectivity index (χ2n) is 7.89. The van der Waals surface area contributed by atoms with E-state index in [4.69, 9.17) is 23.2 Å². The van der Waals surface area contributed by atoms with Crippen LogP contribution in [0.3, 0.4) is 0 Å². The van der Waals surface area contributed by atoms with Crippen LogP contribution in [0.5, 0.6) is 0 Å². The number of benzene rings is 3. The molecule has 5 rings (SSSR count). The number of hydrogen-bond acceptors (Lipinski definition) is 3. The Kier molecular flexibility index (Phi) is 5.88. The molecule has 0 unspecified atom stereocenters.